The number of carbonyl (C=O) groups excluding carboxylic acids is 1. The first-order valence-electron chi connectivity index (χ1n) is 8.45. The van der Waals surface area contributed by atoms with Gasteiger partial charge in [0.1, 0.15) is 4.88 Å². The summed E-state index contributed by atoms with van der Waals surface area (Å²) in [5.74, 6) is -0.566. The molecule has 0 aliphatic carbocycles. The van der Waals surface area contributed by atoms with Crippen molar-refractivity contribution in [2.75, 3.05) is 0 Å². The highest BCUT2D eigenvalue weighted by Gasteiger charge is 2.33. The molecule has 0 atom stereocenters. The topological polar surface area (TPSA) is 51.1 Å². The number of rotatable bonds is 5. The third-order valence-electron chi connectivity index (χ3n) is 4.30. The van der Waals surface area contributed by atoms with Crippen molar-refractivity contribution in [1.82, 2.24) is 9.88 Å². The monoisotopic (exact) mass is 406 g/mol. The fraction of sp³-hybridized carbons (Fsp3) is 0.200. The fourth-order valence-corrected chi connectivity index (χ4v) is 3.75. The van der Waals surface area contributed by atoms with Crippen molar-refractivity contribution in [2.45, 2.75) is 26.2 Å². The van der Waals surface area contributed by atoms with Crippen LogP contribution in [0.15, 0.2) is 59.4 Å². The van der Waals surface area contributed by atoms with Crippen LogP contribution in [0.2, 0.25) is 0 Å². The zero-order chi connectivity index (χ0) is 20.3. The van der Waals surface area contributed by atoms with E-state index in [-0.39, 0.29) is 21.9 Å². The lowest BCUT2D eigenvalue weighted by Gasteiger charge is -2.13. The van der Waals surface area contributed by atoms with Crippen molar-refractivity contribution in [3.05, 3.63) is 91.5 Å². The van der Waals surface area contributed by atoms with Crippen molar-refractivity contribution in [1.29, 1.82) is 0 Å². The van der Waals surface area contributed by atoms with Crippen LogP contribution >= 0.6 is 11.3 Å². The van der Waals surface area contributed by atoms with Gasteiger partial charge >= 0.3 is 11.0 Å². The van der Waals surface area contributed by atoms with E-state index in [1.807, 2.05) is 30.3 Å². The second-order valence-corrected chi connectivity index (χ2v) is 7.15. The highest BCUT2D eigenvalue weighted by Crippen LogP contribution is 2.31. The molecule has 3 rings (SSSR count). The van der Waals surface area contributed by atoms with Crippen LogP contribution in [0.4, 0.5) is 13.2 Å². The Bertz CT molecular complexity index is 1040. The Morgan fingerprint density at radius 3 is 2.39 bits per heavy atom. The van der Waals surface area contributed by atoms with Crippen LogP contribution in [0, 0.1) is 6.92 Å². The van der Waals surface area contributed by atoms with Crippen LogP contribution < -0.4 is 10.2 Å². The first kappa shape index (κ1) is 19.9. The molecule has 1 heterocycles. The number of hydrogen-bond donors (Lipinski definition) is 1. The molecule has 28 heavy (non-hydrogen) atoms. The second-order valence-electron chi connectivity index (χ2n) is 6.19. The lowest BCUT2D eigenvalue weighted by molar-refractivity contribution is -0.138. The van der Waals surface area contributed by atoms with Gasteiger partial charge in [-0.15, -0.1) is 0 Å². The summed E-state index contributed by atoms with van der Waals surface area (Å²) in [5.41, 5.74) is 0.580. The number of thiazole rings is 1. The average molecular weight is 406 g/mol. The first-order chi connectivity index (χ1) is 13.3. The summed E-state index contributed by atoms with van der Waals surface area (Å²) < 4.78 is 40.7. The molecule has 8 heteroatoms. The SMILES string of the molecule is Cc1c(C(=O)NCc2ccccc2C(F)(F)F)sc(=O)n1Cc1ccccc1. The number of aromatic nitrogens is 1. The summed E-state index contributed by atoms with van der Waals surface area (Å²) in [7, 11) is 0. The van der Waals surface area contributed by atoms with Gasteiger partial charge in [0.05, 0.1) is 12.1 Å². The van der Waals surface area contributed by atoms with Crippen molar-refractivity contribution in [3.63, 3.8) is 0 Å². The van der Waals surface area contributed by atoms with Crippen LogP contribution in [0.25, 0.3) is 0 Å². The normalized spacial score (nSPS) is 11.4. The van der Waals surface area contributed by atoms with Crippen molar-refractivity contribution in [3.8, 4) is 0 Å². The van der Waals surface area contributed by atoms with Gasteiger partial charge in [0.2, 0.25) is 0 Å². The van der Waals surface area contributed by atoms with E-state index in [9.17, 15) is 22.8 Å². The standard InChI is InChI=1S/C20H17F3N2O2S/c1-13-17(28-19(27)25(13)12-14-7-3-2-4-8-14)18(26)24-11-15-9-5-6-10-16(15)20(21,22)23/h2-10H,11-12H2,1H3,(H,24,26). The van der Waals surface area contributed by atoms with E-state index in [4.69, 9.17) is 0 Å². The molecular formula is C20H17F3N2O2S. The number of halogens is 3. The van der Waals surface area contributed by atoms with Crippen LogP contribution in [0.1, 0.15) is 32.1 Å². The highest BCUT2D eigenvalue weighted by molar-refractivity contribution is 7.11. The van der Waals surface area contributed by atoms with Crippen molar-refractivity contribution < 1.29 is 18.0 Å². The highest BCUT2D eigenvalue weighted by atomic mass is 32.1. The van der Waals surface area contributed by atoms with Crippen LogP contribution in [-0.2, 0) is 19.3 Å². The first-order valence-corrected chi connectivity index (χ1v) is 9.26. The molecule has 0 spiro atoms. The molecular weight excluding hydrogens is 389 g/mol. The van der Waals surface area contributed by atoms with Crippen LogP contribution in [0.3, 0.4) is 0 Å². The molecule has 0 bridgehead atoms. The van der Waals surface area contributed by atoms with E-state index in [1.165, 1.54) is 22.8 Å². The molecule has 0 unspecified atom stereocenters. The maximum Gasteiger partial charge on any atom is 0.416 e. The summed E-state index contributed by atoms with van der Waals surface area (Å²) in [4.78, 5) is 24.7. The number of hydrogen-bond acceptors (Lipinski definition) is 3. The van der Waals surface area contributed by atoms with Gasteiger partial charge in [0, 0.05) is 12.2 Å². The van der Waals surface area contributed by atoms with E-state index in [0.717, 1.165) is 23.0 Å². The maximum absolute atomic E-state index is 13.1. The lowest BCUT2D eigenvalue weighted by Crippen LogP contribution is -2.24. The largest absolute Gasteiger partial charge is 0.416 e. The average Bonchev–Trinajstić information content (AvgIpc) is 2.95. The van der Waals surface area contributed by atoms with E-state index in [2.05, 4.69) is 5.32 Å². The van der Waals surface area contributed by atoms with E-state index in [0.29, 0.717) is 12.2 Å². The van der Waals surface area contributed by atoms with Gasteiger partial charge in [0.15, 0.2) is 0 Å². The number of benzene rings is 2. The third-order valence-corrected chi connectivity index (χ3v) is 5.38. The van der Waals surface area contributed by atoms with E-state index >= 15 is 0 Å². The quantitative estimate of drug-likeness (QED) is 0.690. The Hall–Kier alpha value is -2.87. The van der Waals surface area contributed by atoms with Gasteiger partial charge < -0.3 is 5.32 Å². The number of carbonyl (C=O) groups is 1. The molecule has 146 valence electrons. The summed E-state index contributed by atoms with van der Waals surface area (Å²) in [6, 6.07) is 14.4. The minimum absolute atomic E-state index is 0.0305. The minimum atomic E-state index is -4.50. The van der Waals surface area contributed by atoms with Gasteiger partial charge in [-0.25, -0.2) is 0 Å². The molecule has 0 fully saturated rings. The van der Waals surface area contributed by atoms with Crippen LogP contribution in [0.5, 0.6) is 0 Å². The van der Waals surface area contributed by atoms with E-state index in [1.54, 1.807) is 6.92 Å². The second kappa shape index (κ2) is 8.02. The molecule has 0 saturated carbocycles. The predicted octanol–water partition coefficient (Wildman–Crippen LogP) is 4.22. The summed E-state index contributed by atoms with van der Waals surface area (Å²) in [6.07, 6.45) is -4.50. The smallest absolute Gasteiger partial charge is 0.347 e. The molecule has 1 N–H and O–H groups in total. The lowest BCUT2D eigenvalue weighted by atomic mass is 10.1. The number of amides is 1. The zero-order valence-electron chi connectivity index (χ0n) is 14.9. The Morgan fingerprint density at radius 1 is 1.07 bits per heavy atom. The third kappa shape index (κ3) is 4.33. The molecule has 0 saturated heterocycles. The van der Waals surface area contributed by atoms with Gasteiger partial charge in [0.25, 0.3) is 5.91 Å². The van der Waals surface area contributed by atoms with Gasteiger partial charge in [-0.1, -0.05) is 59.9 Å². The molecule has 1 amide bonds. The van der Waals surface area contributed by atoms with Crippen molar-refractivity contribution >= 4 is 17.2 Å². The van der Waals surface area contributed by atoms with Gasteiger partial charge in [-0.2, -0.15) is 13.2 Å². The van der Waals surface area contributed by atoms with Crippen molar-refractivity contribution in [2.24, 2.45) is 0 Å². The summed E-state index contributed by atoms with van der Waals surface area (Å²) in [6.45, 7) is 1.70. The Balaban J connectivity index is 1.78. The number of alkyl halides is 3. The zero-order valence-corrected chi connectivity index (χ0v) is 15.7. The predicted molar refractivity (Wildman–Crippen MR) is 101 cm³/mol. The molecule has 0 aliphatic rings. The van der Waals surface area contributed by atoms with E-state index < -0.39 is 17.6 Å². The Kier molecular flexibility index (Phi) is 5.69. The molecule has 0 radical (unpaired) electrons. The Morgan fingerprint density at radius 2 is 1.71 bits per heavy atom. The Labute approximate surface area is 163 Å². The maximum atomic E-state index is 13.1. The number of nitrogens with one attached hydrogen (secondary N) is 1. The molecule has 0 aliphatic heterocycles. The van der Waals surface area contributed by atoms with Crippen LogP contribution in [-0.4, -0.2) is 10.5 Å². The molecule has 3 aromatic rings. The van der Waals surface area contributed by atoms with Gasteiger partial charge in [-0.3, -0.25) is 14.2 Å². The van der Waals surface area contributed by atoms with Gasteiger partial charge in [-0.05, 0) is 24.1 Å². The molecule has 4 nitrogen and oxygen atoms in total. The number of nitrogens with zero attached hydrogens (tertiary/aromatic N) is 1. The summed E-state index contributed by atoms with van der Waals surface area (Å²) in [5, 5.41) is 2.49. The molecule has 2 aromatic carbocycles. The fourth-order valence-electron chi connectivity index (χ4n) is 2.84. The molecule has 1 aromatic heterocycles. The minimum Gasteiger partial charge on any atom is -0.347 e. The summed E-state index contributed by atoms with van der Waals surface area (Å²) >= 11 is 0.786.